The van der Waals surface area contributed by atoms with Gasteiger partial charge in [-0.05, 0) is 68.8 Å². The van der Waals surface area contributed by atoms with E-state index in [0.717, 1.165) is 5.56 Å². The first-order valence-corrected chi connectivity index (χ1v) is 12.4. The van der Waals surface area contributed by atoms with Gasteiger partial charge in [0, 0.05) is 21.4 Å². The fourth-order valence-electron chi connectivity index (χ4n) is 3.00. The van der Waals surface area contributed by atoms with Gasteiger partial charge in [-0.15, -0.1) is 0 Å². The highest BCUT2D eigenvalue weighted by atomic mass is 35.5. The summed E-state index contributed by atoms with van der Waals surface area (Å²) in [5.74, 6) is -1.45. The molecule has 0 fully saturated rings. The molecule has 0 aliphatic heterocycles. The lowest BCUT2D eigenvalue weighted by Gasteiger charge is -2.15. The van der Waals surface area contributed by atoms with Crippen molar-refractivity contribution in [3.8, 4) is 0 Å². The molecule has 10 heteroatoms. The number of carbonyl (C=O) groups is 2. The van der Waals surface area contributed by atoms with Crippen LogP contribution >= 0.6 is 23.2 Å². The molecule has 0 saturated carbocycles. The van der Waals surface area contributed by atoms with Crippen molar-refractivity contribution in [1.82, 2.24) is 0 Å². The summed E-state index contributed by atoms with van der Waals surface area (Å²) in [6, 6.07) is 15.5. The molecule has 0 aromatic heterocycles. The maximum absolute atomic E-state index is 12.9. The number of sulfonamides is 1. The molecule has 0 aliphatic rings. The van der Waals surface area contributed by atoms with E-state index in [9.17, 15) is 18.0 Å². The Morgan fingerprint density at radius 3 is 2.12 bits per heavy atom. The van der Waals surface area contributed by atoms with Crippen LogP contribution in [0.4, 0.5) is 11.4 Å². The minimum Gasteiger partial charge on any atom is -0.449 e. The van der Waals surface area contributed by atoms with Gasteiger partial charge in [0.15, 0.2) is 6.10 Å². The molecule has 3 aromatic carbocycles. The van der Waals surface area contributed by atoms with E-state index in [1.807, 2.05) is 6.92 Å². The largest absolute Gasteiger partial charge is 0.449 e. The van der Waals surface area contributed by atoms with Gasteiger partial charge in [-0.1, -0.05) is 47.0 Å². The number of benzene rings is 3. The molecular formula is C24H22Cl2N2O5S. The third kappa shape index (κ3) is 6.50. The second kappa shape index (κ2) is 10.5. The standard InChI is InChI=1S/C24H22Cl2N2O5S/c1-14-4-8-20(9-5-14)28-34(31,32)22-10-17(7-6-15(22)2)24(30)33-16(3)23(29)27-21-12-18(25)11-19(26)13-21/h4-13,16,28H,1-3H3,(H,27,29)/t16-/m1/s1. The van der Waals surface area contributed by atoms with Crippen LogP contribution in [0.5, 0.6) is 0 Å². The Labute approximate surface area is 208 Å². The predicted molar refractivity (Wildman–Crippen MR) is 133 cm³/mol. The number of hydrogen-bond acceptors (Lipinski definition) is 5. The molecule has 0 saturated heterocycles. The summed E-state index contributed by atoms with van der Waals surface area (Å²) in [7, 11) is -3.97. The van der Waals surface area contributed by atoms with Crippen molar-refractivity contribution in [1.29, 1.82) is 0 Å². The van der Waals surface area contributed by atoms with Gasteiger partial charge < -0.3 is 10.1 Å². The normalized spacial score (nSPS) is 12.0. The summed E-state index contributed by atoms with van der Waals surface area (Å²) in [4.78, 5) is 25.0. The molecule has 0 radical (unpaired) electrons. The minimum atomic E-state index is -3.97. The number of aryl methyl sites for hydroxylation is 2. The number of rotatable bonds is 7. The van der Waals surface area contributed by atoms with Crippen LogP contribution in [0.25, 0.3) is 0 Å². The molecular weight excluding hydrogens is 499 g/mol. The number of carbonyl (C=O) groups excluding carboxylic acids is 2. The lowest BCUT2D eigenvalue weighted by Crippen LogP contribution is -2.30. The third-order valence-electron chi connectivity index (χ3n) is 4.80. The average Bonchev–Trinajstić information content (AvgIpc) is 2.74. The lowest BCUT2D eigenvalue weighted by molar-refractivity contribution is -0.123. The molecule has 1 atom stereocenters. The quantitative estimate of drug-likeness (QED) is 0.395. The Bertz CT molecular complexity index is 1320. The number of hydrogen-bond donors (Lipinski definition) is 2. The fourth-order valence-corrected chi connectivity index (χ4v) is 4.86. The van der Waals surface area contributed by atoms with Gasteiger partial charge in [0.2, 0.25) is 0 Å². The maximum atomic E-state index is 12.9. The molecule has 0 heterocycles. The number of esters is 1. The Balaban J connectivity index is 1.74. The van der Waals surface area contributed by atoms with Crippen molar-refractivity contribution in [3.05, 3.63) is 87.4 Å². The molecule has 178 valence electrons. The van der Waals surface area contributed by atoms with Crippen LogP contribution in [-0.2, 0) is 19.6 Å². The van der Waals surface area contributed by atoms with Crippen LogP contribution < -0.4 is 10.0 Å². The first-order valence-electron chi connectivity index (χ1n) is 10.1. The van der Waals surface area contributed by atoms with E-state index >= 15 is 0 Å². The van der Waals surface area contributed by atoms with E-state index in [1.54, 1.807) is 31.2 Å². The minimum absolute atomic E-state index is 0.0136. The van der Waals surface area contributed by atoms with Crippen LogP contribution in [0, 0.1) is 13.8 Å². The van der Waals surface area contributed by atoms with Gasteiger partial charge in [-0.25, -0.2) is 13.2 Å². The molecule has 1 amide bonds. The molecule has 0 bridgehead atoms. The van der Waals surface area contributed by atoms with Gasteiger partial charge in [-0.2, -0.15) is 0 Å². The van der Waals surface area contributed by atoms with E-state index in [1.165, 1.54) is 43.3 Å². The number of ether oxygens (including phenoxy) is 1. The fraction of sp³-hybridized carbons (Fsp3) is 0.167. The number of anilines is 2. The first-order chi connectivity index (χ1) is 15.9. The second-order valence-corrected chi connectivity index (χ2v) is 10.2. The van der Waals surface area contributed by atoms with Gasteiger partial charge >= 0.3 is 5.97 Å². The van der Waals surface area contributed by atoms with Crippen molar-refractivity contribution in [3.63, 3.8) is 0 Å². The monoisotopic (exact) mass is 520 g/mol. The Morgan fingerprint density at radius 1 is 0.882 bits per heavy atom. The lowest BCUT2D eigenvalue weighted by atomic mass is 10.1. The maximum Gasteiger partial charge on any atom is 0.338 e. The van der Waals surface area contributed by atoms with Gasteiger partial charge in [0.05, 0.1) is 10.5 Å². The summed E-state index contributed by atoms with van der Waals surface area (Å²) in [6.07, 6.45) is -1.17. The van der Waals surface area contributed by atoms with Crippen molar-refractivity contribution < 1.29 is 22.7 Å². The summed E-state index contributed by atoms with van der Waals surface area (Å²) >= 11 is 11.8. The van der Waals surface area contributed by atoms with Crippen molar-refractivity contribution in [2.45, 2.75) is 31.8 Å². The van der Waals surface area contributed by atoms with Gasteiger partial charge in [-0.3, -0.25) is 9.52 Å². The van der Waals surface area contributed by atoms with Crippen LogP contribution in [-0.4, -0.2) is 26.4 Å². The molecule has 34 heavy (non-hydrogen) atoms. The van der Waals surface area contributed by atoms with E-state index in [4.69, 9.17) is 27.9 Å². The molecule has 7 nitrogen and oxygen atoms in total. The average molecular weight is 521 g/mol. The number of nitrogens with one attached hydrogen (secondary N) is 2. The SMILES string of the molecule is Cc1ccc(NS(=O)(=O)c2cc(C(=O)O[C@H](C)C(=O)Nc3cc(Cl)cc(Cl)c3)ccc2C)cc1. The summed E-state index contributed by atoms with van der Waals surface area (Å²) in [6.45, 7) is 4.90. The van der Waals surface area contributed by atoms with Crippen LogP contribution in [0.1, 0.15) is 28.4 Å². The van der Waals surface area contributed by atoms with Crippen molar-refractivity contribution in [2.75, 3.05) is 10.0 Å². The zero-order chi connectivity index (χ0) is 25.0. The van der Waals surface area contributed by atoms with Crippen LogP contribution in [0.3, 0.4) is 0 Å². The second-order valence-electron chi connectivity index (χ2n) is 7.65. The molecule has 3 rings (SSSR count). The highest BCUT2D eigenvalue weighted by Crippen LogP contribution is 2.24. The number of halogens is 2. The highest BCUT2D eigenvalue weighted by Gasteiger charge is 2.23. The highest BCUT2D eigenvalue weighted by molar-refractivity contribution is 7.92. The van der Waals surface area contributed by atoms with Crippen molar-refractivity contribution >= 4 is 56.5 Å². The van der Waals surface area contributed by atoms with Crippen molar-refractivity contribution in [2.24, 2.45) is 0 Å². The van der Waals surface area contributed by atoms with E-state index < -0.39 is 28.0 Å². The van der Waals surface area contributed by atoms with Crippen LogP contribution in [0.2, 0.25) is 10.0 Å². The Morgan fingerprint density at radius 2 is 1.50 bits per heavy atom. The number of amides is 1. The molecule has 0 spiro atoms. The molecule has 0 unspecified atom stereocenters. The first kappa shape index (κ1) is 25.6. The summed E-state index contributed by atoms with van der Waals surface area (Å²) in [5.41, 5.74) is 2.15. The van der Waals surface area contributed by atoms with Gasteiger partial charge in [0.25, 0.3) is 15.9 Å². The molecule has 0 aliphatic carbocycles. The smallest absolute Gasteiger partial charge is 0.338 e. The van der Waals surface area contributed by atoms with E-state index in [2.05, 4.69) is 10.0 Å². The predicted octanol–water partition coefficient (Wildman–Crippen LogP) is 5.60. The summed E-state index contributed by atoms with van der Waals surface area (Å²) < 4.78 is 33.6. The van der Waals surface area contributed by atoms with E-state index in [0.29, 0.717) is 27.0 Å². The topological polar surface area (TPSA) is 102 Å². The molecule has 3 aromatic rings. The van der Waals surface area contributed by atoms with E-state index in [-0.39, 0.29) is 10.5 Å². The summed E-state index contributed by atoms with van der Waals surface area (Å²) in [5, 5.41) is 3.23. The zero-order valence-corrected chi connectivity index (χ0v) is 20.9. The zero-order valence-electron chi connectivity index (χ0n) is 18.6. The van der Waals surface area contributed by atoms with Crippen LogP contribution in [0.15, 0.2) is 65.6 Å². The molecule has 2 N–H and O–H groups in total. The van der Waals surface area contributed by atoms with Gasteiger partial charge in [0.1, 0.15) is 0 Å². The third-order valence-corrected chi connectivity index (χ3v) is 6.76. The Kier molecular flexibility index (Phi) is 7.86. The Hall–Kier alpha value is -3.07.